The lowest BCUT2D eigenvalue weighted by Gasteiger charge is -2.31. The second-order valence-electron chi connectivity index (χ2n) is 6.12. The van der Waals surface area contributed by atoms with Crippen molar-refractivity contribution >= 4 is 11.6 Å². The molecule has 1 fully saturated rings. The first kappa shape index (κ1) is 15.8. The molecule has 3 nitrogen and oxygen atoms in total. The van der Waals surface area contributed by atoms with E-state index in [0.29, 0.717) is 12.3 Å². The summed E-state index contributed by atoms with van der Waals surface area (Å²) >= 11 is 6.33. The quantitative estimate of drug-likeness (QED) is 0.893. The zero-order valence-electron chi connectivity index (χ0n) is 12.9. The van der Waals surface area contributed by atoms with Gasteiger partial charge in [-0.3, -0.25) is 4.68 Å². The van der Waals surface area contributed by atoms with Crippen molar-refractivity contribution in [2.24, 2.45) is 11.8 Å². The highest BCUT2D eigenvalue weighted by molar-refractivity contribution is 6.31. The van der Waals surface area contributed by atoms with Crippen LogP contribution in [0.4, 0.5) is 0 Å². The van der Waals surface area contributed by atoms with Gasteiger partial charge in [0, 0.05) is 13.0 Å². The van der Waals surface area contributed by atoms with Gasteiger partial charge in [0.05, 0.1) is 22.5 Å². The van der Waals surface area contributed by atoms with Crippen LogP contribution in [0.25, 0.3) is 0 Å². The molecule has 0 aromatic carbocycles. The maximum atomic E-state index is 10.5. The van der Waals surface area contributed by atoms with Gasteiger partial charge in [0.25, 0.3) is 0 Å². The minimum atomic E-state index is -0.285. The molecule has 20 heavy (non-hydrogen) atoms. The SMILES string of the molecule is CCC1CCC(C(O)Cc2c(Cl)c(C)nn2CC)CC1. The predicted octanol–water partition coefficient (Wildman–Crippen LogP) is 3.98. The number of nitrogens with zero attached hydrogens (tertiary/aromatic N) is 2. The Morgan fingerprint density at radius 3 is 2.50 bits per heavy atom. The highest BCUT2D eigenvalue weighted by Gasteiger charge is 2.27. The van der Waals surface area contributed by atoms with Crippen LogP contribution in [0.2, 0.25) is 5.02 Å². The summed E-state index contributed by atoms with van der Waals surface area (Å²) in [5.74, 6) is 1.29. The van der Waals surface area contributed by atoms with Gasteiger partial charge in [0.15, 0.2) is 0 Å². The summed E-state index contributed by atoms with van der Waals surface area (Å²) in [6.45, 7) is 7.06. The van der Waals surface area contributed by atoms with Crippen molar-refractivity contribution in [1.29, 1.82) is 0 Å². The molecule has 0 amide bonds. The Morgan fingerprint density at radius 2 is 1.95 bits per heavy atom. The summed E-state index contributed by atoms with van der Waals surface area (Å²) in [4.78, 5) is 0. The number of hydrogen-bond donors (Lipinski definition) is 1. The van der Waals surface area contributed by atoms with Crippen molar-refractivity contribution in [1.82, 2.24) is 9.78 Å². The number of rotatable bonds is 5. The lowest BCUT2D eigenvalue weighted by molar-refractivity contribution is 0.0719. The summed E-state index contributed by atoms with van der Waals surface area (Å²) in [5.41, 5.74) is 1.86. The summed E-state index contributed by atoms with van der Waals surface area (Å²) < 4.78 is 1.93. The van der Waals surface area contributed by atoms with E-state index in [1.54, 1.807) is 0 Å². The number of aliphatic hydroxyl groups excluding tert-OH is 1. The van der Waals surface area contributed by atoms with Crippen molar-refractivity contribution in [3.8, 4) is 0 Å². The molecule has 1 aromatic rings. The molecule has 1 heterocycles. The van der Waals surface area contributed by atoms with Gasteiger partial charge in [-0.2, -0.15) is 5.10 Å². The molecule has 1 aromatic heterocycles. The van der Waals surface area contributed by atoms with E-state index in [0.717, 1.165) is 41.7 Å². The van der Waals surface area contributed by atoms with Crippen LogP contribution in [0.3, 0.4) is 0 Å². The molecule has 1 aliphatic carbocycles. The van der Waals surface area contributed by atoms with Crippen LogP contribution in [0.1, 0.15) is 57.3 Å². The van der Waals surface area contributed by atoms with Crippen molar-refractivity contribution in [3.05, 3.63) is 16.4 Å². The van der Waals surface area contributed by atoms with Gasteiger partial charge in [-0.25, -0.2) is 0 Å². The normalized spacial score (nSPS) is 24.9. The number of halogens is 1. The molecule has 0 saturated heterocycles. The van der Waals surface area contributed by atoms with Crippen molar-refractivity contribution < 1.29 is 5.11 Å². The van der Waals surface area contributed by atoms with E-state index in [1.807, 2.05) is 11.6 Å². The standard InChI is InChI=1S/C16H27ClN2O/c1-4-12-6-8-13(9-7-12)15(20)10-14-16(17)11(3)18-19(14)5-2/h12-13,15,20H,4-10H2,1-3H3. The number of aromatic nitrogens is 2. The van der Waals surface area contributed by atoms with Gasteiger partial charge in [-0.15, -0.1) is 0 Å². The molecule has 2 rings (SSSR count). The molecule has 0 aliphatic heterocycles. The maximum Gasteiger partial charge on any atom is 0.0848 e. The average molecular weight is 299 g/mol. The summed E-state index contributed by atoms with van der Waals surface area (Å²) in [5, 5.41) is 15.7. The van der Waals surface area contributed by atoms with E-state index in [-0.39, 0.29) is 6.10 Å². The highest BCUT2D eigenvalue weighted by atomic mass is 35.5. The van der Waals surface area contributed by atoms with Crippen molar-refractivity contribution in [3.63, 3.8) is 0 Å². The van der Waals surface area contributed by atoms with Gasteiger partial charge >= 0.3 is 0 Å². The maximum absolute atomic E-state index is 10.5. The molecule has 0 bridgehead atoms. The Kier molecular flexibility index (Phi) is 5.50. The van der Waals surface area contributed by atoms with Crippen LogP contribution in [0.15, 0.2) is 0 Å². The largest absolute Gasteiger partial charge is 0.392 e. The van der Waals surface area contributed by atoms with E-state index >= 15 is 0 Å². The Hall–Kier alpha value is -0.540. The molecule has 114 valence electrons. The summed E-state index contributed by atoms with van der Waals surface area (Å²) in [7, 11) is 0. The first-order chi connectivity index (χ1) is 9.56. The monoisotopic (exact) mass is 298 g/mol. The van der Waals surface area contributed by atoms with Crippen molar-refractivity contribution in [2.75, 3.05) is 0 Å². The van der Waals surface area contributed by atoms with E-state index in [4.69, 9.17) is 11.6 Å². The van der Waals surface area contributed by atoms with Crippen LogP contribution in [-0.2, 0) is 13.0 Å². The minimum absolute atomic E-state index is 0.285. The lowest BCUT2D eigenvalue weighted by Crippen LogP contribution is -2.28. The number of aryl methyl sites for hydroxylation is 2. The second-order valence-corrected chi connectivity index (χ2v) is 6.50. The summed E-state index contributed by atoms with van der Waals surface area (Å²) in [6, 6.07) is 0. The topological polar surface area (TPSA) is 38.1 Å². The van der Waals surface area contributed by atoms with Crippen LogP contribution in [0.5, 0.6) is 0 Å². The Labute approximate surface area is 127 Å². The average Bonchev–Trinajstić information content (AvgIpc) is 2.75. The number of hydrogen-bond acceptors (Lipinski definition) is 2. The van der Waals surface area contributed by atoms with E-state index in [9.17, 15) is 5.11 Å². The third kappa shape index (κ3) is 3.37. The van der Waals surface area contributed by atoms with E-state index in [2.05, 4.69) is 18.9 Å². The zero-order chi connectivity index (χ0) is 14.7. The van der Waals surface area contributed by atoms with Gasteiger partial charge in [0.1, 0.15) is 0 Å². The lowest BCUT2D eigenvalue weighted by atomic mass is 9.77. The third-order valence-electron chi connectivity index (χ3n) is 4.87. The Morgan fingerprint density at radius 1 is 1.30 bits per heavy atom. The Balaban J connectivity index is 2.00. The molecule has 1 N–H and O–H groups in total. The molecular weight excluding hydrogens is 272 g/mol. The predicted molar refractivity (Wildman–Crippen MR) is 83.1 cm³/mol. The van der Waals surface area contributed by atoms with Crippen LogP contribution < -0.4 is 0 Å². The molecule has 0 radical (unpaired) electrons. The Bertz CT molecular complexity index is 436. The molecular formula is C16H27ClN2O. The van der Waals surface area contributed by atoms with Crippen LogP contribution in [-0.4, -0.2) is 21.0 Å². The van der Waals surface area contributed by atoms with Crippen LogP contribution in [0, 0.1) is 18.8 Å². The molecule has 1 aliphatic rings. The van der Waals surface area contributed by atoms with Crippen molar-refractivity contribution in [2.45, 2.75) is 71.9 Å². The summed E-state index contributed by atoms with van der Waals surface area (Å²) in [6.07, 6.45) is 6.45. The van der Waals surface area contributed by atoms with E-state index < -0.39 is 0 Å². The molecule has 1 saturated carbocycles. The van der Waals surface area contributed by atoms with Gasteiger partial charge in [-0.05, 0) is 38.5 Å². The fourth-order valence-corrected chi connectivity index (χ4v) is 3.62. The second kappa shape index (κ2) is 6.95. The molecule has 1 unspecified atom stereocenters. The smallest absolute Gasteiger partial charge is 0.0848 e. The first-order valence-electron chi connectivity index (χ1n) is 7.96. The van der Waals surface area contributed by atoms with Crippen LogP contribution >= 0.6 is 11.6 Å². The molecule has 0 spiro atoms. The minimum Gasteiger partial charge on any atom is -0.392 e. The highest BCUT2D eigenvalue weighted by Crippen LogP contribution is 2.34. The fraction of sp³-hybridized carbons (Fsp3) is 0.812. The fourth-order valence-electron chi connectivity index (χ4n) is 3.41. The van der Waals surface area contributed by atoms with Gasteiger partial charge in [-0.1, -0.05) is 37.8 Å². The third-order valence-corrected chi connectivity index (χ3v) is 5.36. The van der Waals surface area contributed by atoms with E-state index in [1.165, 1.54) is 19.3 Å². The zero-order valence-corrected chi connectivity index (χ0v) is 13.7. The number of aliphatic hydroxyl groups is 1. The first-order valence-corrected chi connectivity index (χ1v) is 8.34. The van der Waals surface area contributed by atoms with Gasteiger partial charge < -0.3 is 5.11 Å². The molecule has 4 heteroatoms. The molecule has 1 atom stereocenters. The van der Waals surface area contributed by atoms with Gasteiger partial charge in [0.2, 0.25) is 0 Å².